The van der Waals surface area contributed by atoms with Crippen molar-refractivity contribution in [1.29, 1.82) is 0 Å². The van der Waals surface area contributed by atoms with Crippen LogP contribution in [0, 0.1) is 0 Å². The first-order valence-corrected chi connectivity index (χ1v) is 8.07. The van der Waals surface area contributed by atoms with Crippen LogP contribution in [0.15, 0.2) is 22.8 Å². The number of carbonyl (C=O) groups is 2. The summed E-state index contributed by atoms with van der Waals surface area (Å²) in [6.45, 7) is 4.02. The van der Waals surface area contributed by atoms with Crippen LogP contribution in [0.5, 0.6) is 0 Å². The Balaban J connectivity index is 2.15. The molecule has 1 aromatic heterocycles. The number of alkyl halides is 2. The summed E-state index contributed by atoms with van der Waals surface area (Å²) in [5.41, 5.74) is -0.845. The number of amides is 2. The highest BCUT2D eigenvalue weighted by atomic mass is 79.9. The van der Waals surface area contributed by atoms with E-state index in [1.165, 1.54) is 6.07 Å². The Bertz CT molecular complexity index is 649. The molecule has 1 aromatic rings. The van der Waals surface area contributed by atoms with Crippen LogP contribution in [0.3, 0.4) is 0 Å². The SMILES string of the molecule is CC(C)(C)OC(=O)N1CC(F)(F)C[C@H]1C(=O)Nc1cccc(Br)n1. The van der Waals surface area contributed by atoms with Gasteiger partial charge in [0.15, 0.2) is 0 Å². The Hall–Kier alpha value is -1.77. The van der Waals surface area contributed by atoms with Gasteiger partial charge in [0.2, 0.25) is 5.91 Å². The molecule has 2 rings (SSSR count). The smallest absolute Gasteiger partial charge is 0.411 e. The summed E-state index contributed by atoms with van der Waals surface area (Å²) in [6, 6.07) is 3.50. The van der Waals surface area contributed by atoms with Gasteiger partial charge in [-0.2, -0.15) is 0 Å². The van der Waals surface area contributed by atoms with Crippen molar-refractivity contribution < 1.29 is 23.1 Å². The van der Waals surface area contributed by atoms with Gasteiger partial charge >= 0.3 is 6.09 Å². The topological polar surface area (TPSA) is 71.5 Å². The van der Waals surface area contributed by atoms with Crippen molar-refractivity contribution in [3.63, 3.8) is 0 Å². The zero-order valence-corrected chi connectivity index (χ0v) is 15.1. The van der Waals surface area contributed by atoms with E-state index < -0.39 is 42.5 Å². The Morgan fingerprint density at radius 2 is 2.08 bits per heavy atom. The fraction of sp³-hybridized carbons (Fsp3) is 0.533. The molecular formula is C15H18BrF2N3O3. The molecule has 1 saturated heterocycles. The van der Waals surface area contributed by atoms with E-state index in [1.807, 2.05) is 0 Å². The molecule has 0 unspecified atom stereocenters. The largest absolute Gasteiger partial charge is 0.444 e. The van der Waals surface area contributed by atoms with Crippen molar-refractivity contribution in [2.24, 2.45) is 0 Å². The summed E-state index contributed by atoms with van der Waals surface area (Å²) in [5, 5.41) is 2.45. The first-order valence-electron chi connectivity index (χ1n) is 7.28. The van der Waals surface area contributed by atoms with Gasteiger partial charge in [-0.05, 0) is 48.8 Å². The lowest BCUT2D eigenvalue weighted by molar-refractivity contribution is -0.120. The third-order valence-electron chi connectivity index (χ3n) is 3.17. The Labute approximate surface area is 146 Å². The molecule has 1 N–H and O–H groups in total. The van der Waals surface area contributed by atoms with Gasteiger partial charge in [0.05, 0.1) is 6.54 Å². The van der Waals surface area contributed by atoms with Crippen LogP contribution in [-0.2, 0) is 9.53 Å². The molecule has 132 valence electrons. The van der Waals surface area contributed by atoms with Gasteiger partial charge in [-0.15, -0.1) is 0 Å². The number of aromatic nitrogens is 1. The molecule has 24 heavy (non-hydrogen) atoms. The van der Waals surface area contributed by atoms with Crippen LogP contribution in [0.25, 0.3) is 0 Å². The first kappa shape index (κ1) is 18.6. The average Bonchev–Trinajstić information content (AvgIpc) is 2.73. The fourth-order valence-corrected chi connectivity index (χ4v) is 2.59. The number of rotatable bonds is 2. The Morgan fingerprint density at radius 3 is 2.67 bits per heavy atom. The van der Waals surface area contributed by atoms with Crippen molar-refractivity contribution >= 4 is 33.7 Å². The standard InChI is InChI=1S/C15H18BrF2N3O3/c1-14(2,3)24-13(23)21-8-15(17,18)7-9(21)12(22)20-11-6-4-5-10(16)19-11/h4-6,9H,7-8H2,1-3H3,(H,19,20,22)/t9-/m0/s1. The molecule has 1 fully saturated rings. The van der Waals surface area contributed by atoms with Gasteiger partial charge in [0.25, 0.3) is 5.92 Å². The third-order valence-corrected chi connectivity index (χ3v) is 3.61. The van der Waals surface area contributed by atoms with Crippen molar-refractivity contribution in [3.05, 3.63) is 22.8 Å². The molecule has 9 heteroatoms. The third kappa shape index (κ3) is 4.86. The minimum Gasteiger partial charge on any atom is -0.444 e. The molecule has 2 heterocycles. The molecule has 0 bridgehead atoms. The summed E-state index contributed by atoms with van der Waals surface area (Å²) in [7, 11) is 0. The van der Waals surface area contributed by atoms with E-state index in [0.717, 1.165) is 4.90 Å². The van der Waals surface area contributed by atoms with E-state index in [2.05, 4.69) is 26.2 Å². The number of hydrogen-bond acceptors (Lipinski definition) is 4. The second kappa shape index (κ2) is 6.62. The number of hydrogen-bond donors (Lipinski definition) is 1. The zero-order valence-electron chi connectivity index (χ0n) is 13.5. The number of halogens is 3. The van der Waals surface area contributed by atoms with Gasteiger partial charge in [0.1, 0.15) is 22.1 Å². The highest BCUT2D eigenvalue weighted by Crippen LogP contribution is 2.33. The lowest BCUT2D eigenvalue weighted by Crippen LogP contribution is -2.45. The van der Waals surface area contributed by atoms with Crippen LogP contribution in [0.2, 0.25) is 0 Å². The van der Waals surface area contributed by atoms with E-state index in [9.17, 15) is 18.4 Å². The predicted octanol–water partition coefficient (Wildman–Crippen LogP) is 3.43. The molecule has 2 amide bonds. The molecule has 1 atom stereocenters. The van der Waals surface area contributed by atoms with Crippen LogP contribution in [-0.4, -0.2) is 46.0 Å². The highest BCUT2D eigenvalue weighted by molar-refractivity contribution is 9.10. The second-order valence-electron chi connectivity index (χ2n) is 6.52. The fourth-order valence-electron chi connectivity index (χ4n) is 2.25. The van der Waals surface area contributed by atoms with Crippen LogP contribution in [0.4, 0.5) is 19.4 Å². The Morgan fingerprint density at radius 1 is 1.42 bits per heavy atom. The molecule has 1 aliphatic heterocycles. The van der Waals surface area contributed by atoms with Crippen LogP contribution >= 0.6 is 15.9 Å². The first-order chi connectivity index (χ1) is 11.0. The molecule has 6 nitrogen and oxygen atoms in total. The predicted molar refractivity (Wildman–Crippen MR) is 86.9 cm³/mol. The minimum absolute atomic E-state index is 0.203. The van der Waals surface area contributed by atoms with Gasteiger partial charge in [-0.3, -0.25) is 9.69 Å². The highest BCUT2D eigenvalue weighted by Gasteiger charge is 2.51. The molecule has 1 aliphatic rings. The van der Waals surface area contributed by atoms with E-state index in [1.54, 1.807) is 32.9 Å². The van der Waals surface area contributed by atoms with Crippen molar-refractivity contribution in [2.45, 2.75) is 44.8 Å². The number of nitrogens with zero attached hydrogens (tertiary/aromatic N) is 2. The molecule has 0 saturated carbocycles. The van der Waals surface area contributed by atoms with Crippen molar-refractivity contribution in [2.75, 3.05) is 11.9 Å². The van der Waals surface area contributed by atoms with Crippen molar-refractivity contribution in [1.82, 2.24) is 9.88 Å². The van der Waals surface area contributed by atoms with Crippen LogP contribution < -0.4 is 5.32 Å². The molecule has 0 aromatic carbocycles. The average molecular weight is 406 g/mol. The number of pyridine rings is 1. The lowest BCUT2D eigenvalue weighted by atomic mass is 10.2. The lowest BCUT2D eigenvalue weighted by Gasteiger charge is -2.27. The van der Waals surface area contributed by atoms with Crippen LogP contribution in [0.1, 0.15) is 27.2 Å². The van der Waals surface area contributed by atoms with E-state index in [4.69, 9.17) is 4.74 Å². The summed E-state index contributed by atoms with van der Waals surface area (Å²) in [4.78, 5) is 29.3. The summed E-state index contributed by atoms with van der Waals surface area (Å²) in [6.07, 6.45) is -1.70. The number of likely N-dealkylation sites (tertiary alicyclic amines) is 1. The summed E-state index contributed by atoms with van der Waals surface area (Å²) < 4.78 is 33.1. The van der Waals surface area contributed by atoms with Gasteiger partial charge in [-0.1, -0.05) is 6.07 Å². The maximum atomic E-state index is 13.7. The number of nitrogens with one attached hydrogen (secondary N) is 1. The van der Waals surface area contributed by atoms with E-state index in [0.29, 0.717) is 4.60 Å². The monoisotopic (exact) mass is 405 g/mol. The van der Waals surface area contributed by atoms with Gasteiger partial charge in [-0.25, -0.2) is 18.6 Å². The zero-order chi connectivity index (χ0) is 18.1. The molecule has 0 radical (unpaired) electrons. The normalized spacial score (nSPS) is 19.9. The molecule has 0 aliphatic carbocycles. The number of anilines is 1. The maximum absolute atomic E-state index is 13.7. The molecular weight excluding hydrogens is 388 g/mol. The maximum Gasteiger partial charge on any atom is 0.411 e. The Kier molecular flexibility index (Phi) is 5.12. The van der Waals surface area contributed by atoms with E-state index in [-0.39, 0.29) is 5.82 Å². The van der Waals surface area contributed by atoms with Crippen molar-refractivity contribution in [3.8, 4) is 0 Å². The number of carbonyl (C=O) groups excluding carboxylic acids is 2. The van der Waals surface area contributed by atoms with Gasteiger partial charge in [0, 0.05) is 6.42 Å². The number of ether oxygens (including phenoxy) is 1. The summed E-state index contributed by atoms with van der Waals surface area (Å²) in [5.74, 6) is -3.68. The quantitative estimate of drug-likeness (QED) is 0.765. The minimum atomic E-state index is -3.15. The summed E-state index contributed by atoms with van der Waals surface area (Å²) >= 11 is 3.15. The van der Waals surface area contributed by atoms with E-state index >= 15 is 0 Å². The second-order valence-corrected chi connectivity index (χ2v) is 7.33. The molecule has 0 spiro atoms. The van der Waals surface area contributed by atoms with Gasteiger partial charge < -0.3 is 10.1 Å².